The van der Waals surface area contributed by atoms with Gasteiger partial charge in [-0.1, -0.05) is 24.3 Å². The van der Waals surface area contributed by atoms with E-state index in [2.05, 4.69) is 18.3 Å². The molecule has 0 saturated heterocycles. The van der Waals surface area contributed by atoms with Crippen LogP contribution in [0.25, 0.3) is 0 Å². The maximum absolute atomic E-state index is 12.8. The maximum atomic E-state index is 12.8. The van der Waals surface area contributed by atoms with E-state index in [-0.39, 0.29) is 24.5 Å². The number of aryl methyl sites for hydroxylation is 1. The lowest BCUT2D eigenvalue weighted by atomic mass is 10.1. The molecule has 128 valence electrons. The molecule has 0 radical (unpaired) electrons. The lowest BCUT2D eigenvalue weighted by molar-refractivity contribution is -0.119. The molecule has 4 rings (SSSR count). The summed E-state index contributed by atoms with van der Waals surface area (Å²) in [7, 11) is 0. The summed E-state index contributed by atoms with van der Waals surface area (Å²) < 4.78 is 5.36. The van der Waals surface area contributed by atoms with Crippen LogP contribution in [0.3, 0.4) is 0 Å². The fraction of sp³-hybridized carbons (Fsp3) is 0.300. The number of benzene rings is 2. The van der Waals surface area contributed by atoms with Crippen molar-refractivity contribution in [3.8, 4) is 5.75 Å². The van der Waals surface area contributed by atoms with Gasteiger partial charge in [0.2, 0.25) is 5.91 Å². The molecular formula is C20H20N2O3. The minimum Gasteiger partial charge on any atom is -0.482 e. The van der Waals surface area contributed by atoms with Gasteiger partial charge in [0.1, 0.15) is 5.75 Å². The highest BCUT2D eigenvalue weighted by Crippen LogP contribution is 2.33. The Morgan fingerprint density at radius 2 is 2.12 bits per heavy atom. The molecule has 2 heterocycles. The van der Waals surface area contributed by atoms with Gasteiger partial charge in [-0.15, -0.1) is 0 Å². The summed E-state index contributed by atoms with van der Waals surface area (Å²) >= 11 is 0. The van der Waals surface area contributed by atoms with Crippen LogP contribution in [-0.4, -0.2) is 24.5 Å². The average molecular weight is 336 g/mol. The van der Waals surface area contributed by atoms with Gasteiger partial charge in [-0.05, 0) is 49.1 Å². The third kappa shape index (κ3) is 2.97. The Hall–Kier alpha value is -2.82. The van der Waals surface area contributed by atoms with Crippen LogP contribution in [0.4, 0.5) is 11.4 Å². The monoisotopic (exact) mass is 336 g/mol. The van der Waals surface area contributed by atoms with Crippen molar-refractivity contribution in [1.29, 1.82) is 0 Å². The molecule has 25 heavy (non-hydrogen) atoms. The van der Waals surface area contributed by atoms with Crippen LogP contribution in [-0.2, 0) is 22.4 Å². The second kappa shape index (κ2) is 6.24. The second-order valence-electron chi connectivity index (χ2n) is 6.61. The van der Waals surface area contributed by atoms with Crippen molar-refractivity contribution in [3.05, 3.63) is 53.6 Å². The molecule has 2 aliphatic rings. The van der Waals surface area contributed by atoms with E-state index in [1.54, 1.807) is 0 Å². The Kier molecular flexibility index (Phi) is 3.92. The zero-order valence-electron chi connectivity index (χ0n) is 14.1. The standard InChI is InChI=1S/C20H20N2O3/c1-13-10-15-4-2-3-5-17(15)22(13)20(24)9-7-14-6-8-18-16(11-14)21-19(23)12-25-18/h2-6,8,11,13H,7,9-10,12H2,1H3,(H,21,23). The van der Waals surface area contributed by atoms with E-state index in [0.717, 1.165) is 17.7 Å². The van der Waals surface area contributed by atoms with Crippen LogP contribution in [0.15, 0.2) is 42.5 Å². The Morgan fingerprint density at radius 3 is 3.00 bits per heavy atom. The van der Waals surface area contributed by atoms with Crippen LogP contribution < -0.4 is 15.0 Å². The van der Waals surface area contributed by atoms with Gasteiger partial charge in [-0.2, -0.15) is 0 Å². The summed E-state index contributed by atoms with van der Waals surface area (Å²) in [4.78, 5) is 26.1. The number of fused-ring (bicyclic) bond motifs is 2. The molecule has 5 heteroatoms. The van der Waals surface area contributed by atoms with Gasteiger partial charge in [0.15, 0.2) is 6.61 Å². The molecule has 1 atom stereocenters. The molecule has 2 amide bonds. The normalized spacial score (nSPS) is 18.2. The number of rotatable bonds is 3. The number of anilines is 2. The van der Waals surface area contributed by atoms with E-state index in [9.17, 15) is 9.59 Å². The largest absolute Gasteiger partial charge is 0.482 e. The predicted octanol–water partition coefficient (Wildman–Crippen LogP) is 2.93. The summed E-state index contributed by atoms with van der Waals surface area (Å²) in [5.41, 5.74) is 3.96. The Labute approximate surface area is 146 Å². The molecule has 2 aromatic carbocycles. The summed E-state index contributed by atoms with van der Waals surface area (Å²) in [5, 5.41) is 2.80. The predicted molar refractivity (Wildman–Crippen MR) is 96.0 cm³/mol. The van der Waals surface area contributed by atoms with Gasteiger partial charge in [0.25, 0.3) is 5.91 Å². The fourth-order valence-corrected chi connectivity index (χ4v) is 3.60. The van der Waals surface area contributed by atoms with Crippen LogP contribution in [0.1, 0.15) is 24.5 Å². The van der Waals surface area contributed by atoms with Crippen molar-refractivity contribution in [1.82, 2.24) is 0 Å². The van der Waals surface area contributed by atoms with Gasteiger partial charge in [0.05, 0.1) is 5.69 Å². The number of nitrogens with zero attached hydrogens (tertiary/aromatic N) is 1. The minimum absolute atomic E-state index is 0.0527. The molecule has 2 aromatic rings. The second-order valence-corrected chi connectivity index (χ2v) is 6.61. The van der Waals surface area contributed by atoms with E-state index in [1.165, 1.54) is 5.56 Å². The molecular weight excluding hydrogens is 316 g/mol. The molecule has 5 nitrogen and oxygen atoms in total. The van der Waals surface area contributed by atoms with Crippen molar-refractivity contribution < 1.29 is 14.3 Å². The van der Waals surface area contributed by atoms with Gasteiger partial charge < -0.3 is 15.0 Å². The highest BCUT2D eigenvalue weighted by atomic mass is 16.5. The first kappa shape index (κ1) is 15.7. The van der Waals surface area contributed by atoms with Crippen LogP contribution in [0.2, 0.25) is 0 Å². The lowest BCUT2D eigenvalue weighted by Crippen LogP contribution is -2.35. The van der Waals surface area contributed by atoms with E-state index >= 15 is 0 Å². The quantitative estimate of drug-likeness (QED) is 0.937. The van der Waals surface area contributed by atoms with Gasteiger partial charge in [-0.25, -0.2) is 0 Å². The third-order valence-electron chi connectivity index (χ3n) is 4.78. The van der Waals surface area contributed by atoms with Crippen molar-refractivity contribution in [2.75, 3.05) is 16.8 Å². The molecule has 0 aliphatic carbocycles. The number of amides is 2. The number of ether oxygens (including phenoxy) is 1. The smallest absolute Gasteiger partial charge is 0.262 e. The van der Waals surface area contributed by atoms with Crippen molar-refractivity contribution >= 4 is 23.2 Å². The van der Waals surface area contributed by atoms with E-state index in [4.69, 9.17) is 4.74 Å². The van der Waals surface area contributed by atoms with Crippen LogP contribution >= 0.6 is 0 Å². The zero-order valence-corrected chi connectivity index (χ0v) is 14.1. The minimum atomic E-state index is -0.150. The van der Waals surface area contributed by atoms with Crippen molar-refractivity contribution in [2.24, 2.45) is 0 Å². The molecule has 2 aliphatic heterocycles. The molecule has 0 spiro atoms. The SMILES string of the molecule is CC1Cc2ccccc2N1C(=O)CCc1ccc2c(c1)NC(=O)CO2. The van der Waals surface area contributed by atoms with E-state index < -0.39 is 0 Å². The Morgan fingerprint density at radius 1 is 1.28 bits per heavy atom. The summed E-state index contributed by atoms with van der Waals surface area (Å²) in [5.74, 6) is 0.662. The lowest BCUT2D eigenvalue weighted by Gasteiger charge is -2.23. The van der Waals surface area contributed by atoms with Gasteiger partial charge in [-0.3, -0.25) is 9.59 Å². The molecule has 0 saturated carbocycles. The average Bonchev–Trinajstić information content (AvgIpc) is 2.95. The number of carbonyl (C=O) groups is 2. The van der Waals surface area contributed by atoms with Gasteiger partial charge >= 0.3 is 0 Å². The number of para-hydroxylation sites is 1. The highest BCUT2D eigenvalue weighted by molar-refractivity contribution is 5.97. The first-order chi connectivity index (χ1) is 12.1. The molecule has 1 N–H and O–H groups in total. The summed E-state index contributed by atoms with van der Waals surface area (Å²) in [6.45, 7) is 2.14. The zero-order chi connectivity index (χ0) is 17.4. The van der Waals surface area contributed by atoms with Crippen molar-refractivity contribution in [3.63, 3.8) is 0 Å². The number of carbonyl (C=O) groups excluding carboxylic acids is 2. The number of hydrogen-bond donors (Lipinski definition) is 1. The van der Waals surface area contributed by atoms with Crippen LogP contribution in [0.5, 0.6) is 5.75 Å². The topological polar surface area (TPSA) is 58.6 Å². The highest BCUT2D eigenvalue weighted by Gasteiger charge is 2.30. The molecule has 0 bridgehead atoms. The van der Waals surface area contributed by atoms with Crippen LogP contribution in [0, 0.1) is 0 Å². The first-order valence-corrected chi connectivity index (χ1v) is 8.57. The van der Waals surface area contributed by atoms with E-state index in [0.29, 0.717) is 24.3 Å². The number of nitrogens with one attached hydrogen (secondary N) is 1. The van der Waals surface area contributed by atoms with Gasteiger partial charge in [0, 0.05) is 18.2 Å². The summed E-state index contributed by atoms with van der Waals surface area (Å²) in [6.07, 6.45) is 1.98. The Bertz CT molecular complexity index is 847. The maximum Gasteiger partial charge on any atom is 0.262 e. The Balaban J connectivity index is 1.46. The fourth-order valence-electron chi connectivity index (χ4n) is 3.60. The molecule has 0 aromatic heterocycles. The first-order valence-electron chi connectivity index (χ1n) is 8.57. The molecule has 0 fully saturated rings. The van der Waals surface area contributed by atoms with Crippen molar-refractivity contribution in [2.45, 2.75) is 32.2 Å². The summed E-state index contributed by atoms with van der Waals surface area (Å²) in [6, 6.07) is 14.0. The van der Waals surface area contributed by atoms with E-state index in [1.807, 2.05) is 41.3 Å². The number of hydrogen-bond acceptors (Lipinski definition) is 3. The molecule has 1 unspecified atom stereocenters. The third-order valence-corrected chi connectivity index (χ3v) is 4.78.